The van der Waals surface area contributed by atoms with Crippen LogP contribution < -0.4 is 0 Å². The Hall–Kier alpha value is -1.32. The number of aromatic nitrogens is 2. The monoisotopic (exact) mass is 208 g/mol. The van der Waals surface area contributed by atoms with E-state index in [1.54, 1.807) is 6.20 Å². The van der Waals surface area contributed by atoms with Crippen LogP contribution in [0.1, 0.15) is 48.7 Å². The van der Waals surface area contributed by atoms with Crippen molar-refractivity contribution < 1.29 is 9.53 Å². The molecule has 82 valence electrons. The molecule has 0 fully saturated rings. The highest BCUT2D eigenvalue weighted by molar-refractivity contribution is 5.90. The molecule has 0 radical (unpaired) electrons. The van der Waals surface area contributed by atoms with Crippen LogP contribution in [0.3, 0.4) is 0 Å². The van der Waals surface area contributed by atoms with Gasteiger partial charge in [0.1, 0.15) is 5.56 Å². The van der Waals surface area contributed by atoms with Gasteiger partial charge in [-0.3, -0.25) is 4.68 Å². The van der Waals surface area contributed by atoms with E-state index in [1.165, 1.54) is 0 Å². The predicted molar refractivity (Wildman–Crippen MR) is 55.8 cm³/mol. The number of carbonyl (C=O) groups excluding carboxylic acids is 1. The van der Waals surface area contributed by atoms with E-state index in [0.29, 0.717) is 18.1 Å². The Balaban J connectivity index is 2.33. The molecule has 1 aliphatic heterocycles. The molecule has 1 aromatic heterocycles. The number of nitrogens with zero attached hydrogens (tertiary/aromatic N) is 2. The summed E-state index contributed by atoms with van der Waals surface area (Å²) in [5, 5.41) is 4.23. The lowest BCUT2D eigenvalue weighted by Gasteiger charge is -2.20. The second-order valence-corrected chi connectivity index (χ2v) is 3.93. The molecule has 1 atom stereocenters. The van der Waals surface area contributed by atoms with Crippen LogP contribution in [-0.4, -0.2) is 22.4 Å². The van der Waals surface area contributed by atoms with Crippen molar-refractivity contribution in [3.05, 3.63) is 17.5 Å². The van der Waals surface area contributed by atoms with E-state index in [-0.39, 0.29) is 5.97 Å². The standard InChI is InChI=1S/C11H16N2O2/c1-3-15-11(14)9-7-12-13-6-4-5-8(2)10(9)13/h7-8H,3-6H2,1-2H3. The van der Waals surface area contributed by atoms with Gasteiger partial charge >= 0.3 is 5.97 Å². The van der Waals surface area contributed by atoms with E-state index in [1.807, 2.05) is 11.6 Å². The molecule has 0 bridgehead atoms. The lowest BCUT2D eigenvalue weighted by atomic mass is 9.95. The third kappa shape index (κ3) is 1.76. The summed E-state index contributed by atoms with van der Waals surface area (Å²) in [5.74, 6) is 0.160. The molecule has 0 saturated heterocycles. The minimum Gasteiger partial charge on any atom is -0.462 e. The normalized spacial score (nSPS) is 19.7. The van der Waals surface area contributed by atoms with Gasteiger partial charge in [-0.2, -0.15) is 5.10 Å². The average molecular weight is 208 g/mol. The highest BCUT2D eigenvalue weighted by Crippen LogP contribution is 2.29. The van der Waals surface area contributed by atoms with E-state index < -0.39 is 0 Å². The van der Waals surface area contributed by atoms with Crippen molar-refractivity contribution in [1.82, 2.24) is 9.78 Å². The lowest BCUT2D eigenvalue weighted by Crippen LogP contribution is -2.17. The van der Waals surface area contributed by atoms with Gasteiger partial charge in [-0.15, -0.1) is 0 Å². The third-order valence-electron chi connectivity index (χ3n) is 2.85. The average Bonchev–Trinajstić information content (AvgIpc) is 2.63. The Morgan fingerprint density at radius 3 is 3.27 bits per heavy atom. The minimum absolute atomic E-state index is 0.243. The van der Waals surface area contributed by atoms with Crippen molar-refractivity contribution in [3.63, 3.8) is 0 Å². The maximum absolute atomic E-state index is 11.6. The molecule has 0 saturated carbocycles. The second-order valence-electron chi connectivity index (χ2n) is 3.93. The summed E-state index contributed by atoms with van der Waals surface area (Å²) in [6, 6.07) is 0. The number of ether oxygens (including phenoxy) is 1. The zero-order valence-corrected chi connectivity index (χ0v) is 9.19. The number of aryl methyl sites for hydroxylation is 1. The molecule has 4 nitrogen and oxygen atoms in total. The Kier molecular flexibility index (Phi) is 2.75. The summed E-state index contributed by atoms with van der Waals surface area (Å²) < 4.78 is 6.94. The summed E-state index contributed by atoms with van der Waals surface area (Å²) in [4.78, 5) is 11.6. The Labute approximate surface area is 89.2 Å². The number of hydrogen-bond donors (Lipinski definition) is 0. The molecule has 2 rings (SSSR count). The predicted octanol–water partition coefficient (Wildman–Crippen LogP) is 1.96. The Morgan fingerprint density at radius 1 is 1.73 bits per heavy atom. The topological polar surface area (TPSA) is 44.1 Å². The first kappa shape index (κ1) is 10.2. The van der Waals surface area contributed by atoms with E-state index in [9.17, 15) is 4.79 Å². The molecule has 0 N–H and O–H groups in total. The molecular weight excluding hydrogens is 192 g/mol. The van der Waals surface area contributed by atoms with Crippen LogP contribution in [0.2, 0.25) is 0 Å². The van der Waals surface area contributed by atoms with Crippen LogP contribution in [0, 0.1) is 0 Å². The van der Waals surface area contributed by atoms with Crippen LogP contribution in [0.5, 0.6) is 0 Å². The highest BCUT2D eigenvalue weighted by atomic mass is 16.5. The molecule has 4 heteroatoms. The smallest absolute Gasteiger partial charge is 0.341 e. The Morgan fingerprint density at radius 2 is 2.53 bits per heavy atom. The summed E-state index contributed by atoms with van der Waals surface area (Å²) in [6.45, 7) is 5.28. The van der Waals surface area contributed by atoms with Crippen molar-refractivity contribution >= 4 is 5.97 Å². The van der Waals surface area contributed by atoms with Crippen LogP contribution in [0.4, 0.5) is 0 Å². The van der Waals surface area contributed by atoms with Crippen LogP contribution >= 0.6 is 0 Å². The fraction of sp³-hybridized carbons (Fsp3) is 0.636. The Bertz CT molecular complexity index is 371. The number of esters is 1. The summed E-state index contributed by atoms with van der Waals surface area (Å²) in [7, 11) is 0. The molecule has 0 aliphatic carbocycles. The first-order chi connectivity index (χ1) is 7.24. The molecular formula is C11H16N2O2. The first-order valence-electron chi connectivity index (χ1n) is 5.47. The van der Waals surface area contributed by atoms with Gasteiger partial charge < -0.3 is 4.74 Å². The van der Waals surface area contributed by atoms with Gasteiger partial charge in [0.05, 0.1) is 18.5 Å². The number of rotatable bonds is 2. The van der Waals surface area contributed by atoms with Crippen molar-refractivity contribution in [3.8, 4) is 0 Å². The van der Waals surface area contributed by atoms with Gasteiger partial charge in [0.25, 0.3) is 0 Å². The van der Waals surface area contributed by atoms with E-state index in [0.717, 1.165) is 25.1 Å². The maximum Gasteiger partial charge on any atom is 0.341 e. The molecule has 1 aromatic rings. The number of carbonyl (C=O) groups is 1. The van der Waals surface area contributed by atoms with E-state index >= 15 is 0 Å². The van der Waals surface area contributed by atoms with Crippen LogP contribution in [-0.2, 0) is 11.3 Å². The minimum atomic E-state index is -0.243. The van der Waals surface area contributed by atoms with Gasteiger partial charge in [-0.05, 0) is 25.7 Å². The van der Waals surface area contributed by atoms with Gasteiger partial charge in [-0.25, -0.2) is 4.79 Å². The fourth-order valence-electron chi connectivity index (χ4n) is 2.14. The van der Waals surface area contributed by atoms with Crippen molar-refractivity contribution in [1.29, 1.82) is 0 Å². The highest BCUT2D eigenvalue weighted by Gasteiger charge is 2.25. The van der Waals surface area contributed by atoms with E-state index in [2.05, 4.69) is 12.0 Å². The van der Waals surface area contributed by atoms with Crippen molar-refractivity contribution in [2.75, 3.05) is 6.61 Å². The fourth-order valence-corrected chi connectivity index (χ4v) is 2.14. The zero-order chi connectivity index (χ0) is 10.8. The first-order valence-corrected chi connectivity index (χ1v) is 5.47. The molecule has 0 aromatic carbocycles. The summed E-state index contributed by atoms with van der Waals surface area (Å²) >= 11 is 0. The van der Waals surface area contributed by atoms with Gasteiger partial charge in [0.15, 0.2) is 0 Å². The largest absolute Gasteiger partial charge is 0.462 e. The lowest BCUT2D eigenvalue weighted by molar-refractivity contribution is 0.0524. The number of fused-ring (bicyclic) bond motifs is 1. The third-order valence-corrected chi connectivity index (χ3v) is 2.85. The molecule has 1 aliphatic rings. The molecule has 2 heterocycles. The molecule has 15 heavy (non-hydrogen) atoms. The van der Waals surface area contributed by atoms with Crippen LogP contribution in [0.15, 0.2) is 6.20 Å². The van der Waals surface area contributed by atoms with E-state index in [4.69, 9.17) is 4.74 Å². The zero-order valence-electron chi connectivity index (χ0n) is 9.19. The molecule has 1 unspecified atom stereocenters. The van der Waals surface area contributed by atoms with Gasteiger partial charge in [0.2, 0.25) is 0 Å². The quantitative estimate of drug-likeness (QED) is 0.698. The van der Waals surface area contributed by atoms with Crippen molar-refractivity contribution in [2.24, 2.45) is 0 Å². The summed E-state index contributed by atoms with van der Waals surface area (Å²) in [5.41, 5.74) is 1.68. The van der Waals surface area contributed by atoms with Gasteiger partial charge in [-0.1, -0.05) is 6.92 Å². The van der Waals surface area contributed by atoms with Gasteiger partial charge in [0, 0.05) is 6.54 Å². The molecule has 0 amide bonds. The maximum atomic E-state index is 11.6. The molecule has 0 spiro atoms. The van der Waals surface area contributed by atoms with Crippen LogP contribution in [0.25, 0.3) is 0 Å². The number of hydrogen-bond acceptors (Lipinski definition) is 3. The summed E-state index contributed by atoms with van der Waals surface area (Å²) in [6.07, 6.45) is 3.89. The van der Waals surface area contributed by atoms with Crippen molar-refractivity contribution in [2.45, 2.75) is 39.2 Å². The SMILES string of the molecule is CCOC(=O)c1cnn2c1C(C)CCC2. The second kappa shape index (κ2) is 4.04.